The lowest BCUT2D eigenvalue weighted by molar-refractivity contribution is 0.157. The summed E-state index contributed by atoms with van der Waals surface area (Å²) in [5.74, 6) is 0.632. The Bertz CT molecular complexity index is 204. The Kier molecular flexibility index (Phi) is 1.20. The van der Waals surface area contributed by atoms with Crippen LogP contribution in [-0.4, -0.2) is 29.7 Å². The zero-order valence-electron chi connectivity index (χ0n) is 6.96. The molecule has 0 bridgehead atoms. The highest BCUT2D eigenvalue weighted by Crippen LogP contribution is 2.37. The molecule has 11 heavy (non-hydrogen) atoms. The summed E-state index contributed by atoms with van der Waals surface area (Å²) in [5.41, 5.74) is 0.0104. The summed E-state index contributed by atoms with van der Waals surface area (Å²) >= 11 is 0. The van der Waals surface area contributed by atoms with Crippen LogP contribution in [0.2, 0.25) is 0 Å². The lowest BCUT2D eigenvalue weighted by Gasteiger charge is -2.22. The molecule has 0 aromatic carbocycles. The number of ether oxygens (including phenoxy) is 1. The Balaban J connectivity index is 2.24. The van der Waals surface area contributed by atoms with Crippen LogP contribution in [-0.2, 0) is 4.74 Å². The molecule has 2 unspecified atom stereocenters. The van der Waals surface area contributed by atoms with E-state index in [4.69, 9.17) is 4.74 Å². The van der Waals surface area contributed by atoms with Gasteiger partial charge in [0, 0.05) is 6.54 Å². The Morgan fingerprint density at radius 2 is 2.45 bits per heavy atom. The average Bonchev–Trinajstić information content (AvgIpc) is 2.32. The van der Waals surface area contributed by atoms with Crippen LogP contribution in [0.1, 0.15) is 20.3 Å². The van der Waals surface area contributed by atoms with Crippen LogP contribution < -0.4 is 0 Å². The van der Waals surface area contributed by atoms with E-state index in [0.717, 1.165) is 13.0 Å². The Morgan fingerprint density at radius 1 is 1.73 bits per heavy atom. The molecule has 2 heterocycles. The first-order valence-electron chi connectivity index (χ1n) is 4.06. The van der Waals surface area contributed by atoms with E-state index < -0.39 is 0 Å². The number of rotatable bonds is 0. The molecule has 2 fully saturated rings. The number of hydrogen-bond acceptors (Lipinski definition) is 2. The van der Waals surface area contributed by atoms with Crippen molar-refractivity contribution in [1.82, 2.24) is 4.90 Å². The van der Waals surface area contributed by atoms with Gasteiger partial charge in [-0.15, -0.1) is 0 Å². The third kappa shape index (κ3) is 0.832. The number of cyclic esters (lactones) is 1. The van der Waals surface area contributed by atoms with E-state index in [1.54, 1.807) is 0 Å². The van der Waals surface area contributed by atoms with Crippen molar-refractivity contribution in [2.45, 2.75) is 25.8 Å². The van der Waals surface area contributed by atoms with E-state index in [1.165, 1.54) is 0 Å². The van der Waals surface area contributed by atoms with Gasteiger partial charge in [-0.3, -0.25) is 4.90 Å². The van der Waals surface area contributed by atoms with Gasteiger partial charge in [-0.25, -0.2) is 4.79 Å². The summed E-state index contributed by atoms with van der Waals surface area (Å²) in [6, 6.07) is 0. The number of fused-ring (bicyclic) bond motifs is 1. The van der Waals surface area contributed by atoms with Gasteiger partial charge < -0.3 is 4.74 Å². The molecule has 3 heteroatoms. The van der Waals surface area contributed by atoms with Crippen molar-refractivity contribution < 1.29 is 9.53 Å². The largest absolute Gasteiger partial charge is 0.447 e. The maximum Gasteiger partial charge on any atom is 0.410 e. The average molecular weight is 155 g/mol. The van der Waals surface area contributed by atoms with Crippen molar-refractivity contribution in [2.75, 3.05) is 13.2 Å². The van der Waals surface area contributed by atoms with E-state index in [-0.39, 0.29) is 11.6 Å². The third-order valence-corrected chi connectivity index (χ3v) is 2.66. The van der Waals surface area contributed by atoms with E-state index in [2.05, 4.69) is 13.8 Å². The first-order valence-corrected chi connectivity index (χ1v) is 4.06. The fraction of sp³-hybridized carbons (Fsp3) is 0.875. The fourth-order valence-corrected chi connectivity index (χ4v) is 2.18. The highest BCUT2D eigenvalue weighted by atomic mass is 16.6. The molecule has 0 N–H and O–H groups in total. The molecule has 0 radical (unpaired) electrons. The highest BCUT2D eigenvalue weighted by Gasteiger charge is 2.49. The van der Waals surface area contributed by atoms with Crippen LogP contribution in [0.25, 0.3) is 0 Å². The number of hydrogen-bond donors (Lipinski definition) is 0. The maximum absolute atomic E-state index is 11.1. The van der Waals surface area contributed by atoms with Gasteiger partial charge in [0.2, 0.25) is 0 Å². The van der Waals surface area contributed by atoms with Crippen molar-refractivity contribution in [3.8, 4) is 0 Å². The van der Waals surface area contributed by atoms with Gasteiger partial charge in [-0.05, 0) is 19.3 Å². The maximum atomic E-state index is 11.1. The third-order valence-electron chi connectivity index (χ3n) is 2.66. The van der Waals surface area contributed by atoms with E-state index in [1.807, 2.05) is 4.90 Å². The minimum absolute atomic E-state index is 0.0104. The Hall–Kier alpha value is -0.730. The first kappa shape index (κ1) is 6.95. The molecule has 2 saturated heterocycles. The summed E-state index contributed by atoms with van der Waals surface area (Å²) in [5, 5.41) is 0. The van der Waals surface area contributed by atoms with Gasteiger partial charge in [0.05, 0.1) is 5.54 Å². The smallest absolute Gasteiger partial charge is 0.410 e. The quantitative estimate of drug-likeness (QED) is 0.526. The molecule has 2 aliphatic rings. The molecule has 0 aromatic heterocycles. The lowest BCUT2D eigenvalue weighted by Crippen LogP contribution is -2.38. The molecule has 2 rings (SSSR count). The Labute approximate surface area is 66.3 Å². The zero-order chi connectivity index (χ0) is 8.06. The van der Waals surface area contributed by atoms with Crippen LogP contribution in [0.5, 0.6) is 0 Å². The highest BCUT2D eigenvalue weighted by molar-refractivity contribution is 5.71. The molecule has 1 amide bonds. The molecular formula is C8H13NO2. The van der Waals surface area contributed by atoms with Crippen LogP contribution in [0.15, 0.2) is 0 Å². The summed E-state index contributed by atoms with van der Waals surface area (Å²) in [6.45, 7) is 5.73. The second kappa shape index (κ2) is 1.90. The zero-order valence-corrected chi connectivity index (χ0v) is 6.96. The van der Waals surface area contributed by atoms with E-state index >= 15 is 0 Å². The van der Waals surface area contributed by atoms with Crippen LogP contribution in [0.4, 0.5) is 4.79 Å². The molecule has 0 spiro atoms. The minimum Gasteiger partial charge on any atom is -0.447 e. The van der Waals surface area contributed by atoms with Crippen molar-refractivity contribution in [1.29, 1.82) is 0 Å². The molecule has 3 nitrogen and oxygen atoms in total. The summed E-state index contributed by atoms with van der Waals surface area (Å²) < 4.78 is 4.96. The normalized spacial score (nSPS) is 42.5. The van der Waals surface area contributed by atoms with Gasteiger partial charge in [-0.2, -0.15) is 0 Å². The molecule has 0 saturated carbocycles. The number of carbonyl (C=O) groups is 1. The summed E-state index contributed by atoms with van der Waals surface area (Å²) in [6.07, 6.45) is 0.954. The predicted molar refractivity (Wildman–Crippen MR) is 40.2 cm³/mol. The molecular weight excluding hydrogens is 142 g/mol. The van der Waals surface area contributed by atoms with Crippen molar-refractivity contribution in [3.63, 3.8) is 0 Å². The van der Waals surface area contributed by atoms with Crippen molar-refractivity contribution in [3.05, 3.63) is 0 Å². The van der Waals surface area contributed by atoms with Crippen LogP contribution in [0, 0.1) is 5.92 Å². The number of carbonyl (C=O) groups excluding carboxylic acids is 1. The lowest BCUT2D eigenvalue weighted by atomic mass is 9.97. The van der Waals surface area contributed by atoms with Gasteiger partial charge in [-0.1, -0.05) is 6.92 Å². The Morgan fingerprint density at radius 3 is 3.09 bits per heavy atom. The standard InChI is InChI=1S/C8H13NO2/c1-6-3-8(2)5-11-7(10)9(8)4-6/h6H,3-5H2,1-2H3. The molecule has 0 aliphatic carbocycles. The minimum atomic E-state index is -0.128. The van der Waals surface area contributed by atoms with Crippen molar-refractivity contribution >= 4 is 6.09 Å². The number of amides is 1. The van der Waals surface area contributed by atoms with Crippen LogP contribution >= 0.6 is 0 Å². The monoisotopic (exact) mass is 155 g/mol. The summed E-state index contributed by atoms with van der Waals surface area (Å²) in [4.78, 5) is 13.0. The second-order valence-corrected chi connectivity index (χ2v) is 3.97. The molecule has 2 aliphatic heterocycles. The van der Waals surface area contributed by atoms with E-state index in [9.17, 15) is 4.79 Å². The summed E-state index contributed by atoms with van der Waals surface area (Å²) in [7, 11) is 0. The van der Waals surface area contributed by atoms with Crippen molar-refractivity contribution in [2.24, 2.45) is 5.92 Å². The second-order valence-electron chi connectivity index (χ2n) is 3.97. The fourth-order valence-electron chi connectivity index (χ4n) is 2.18. The van der Waals surface area contributed by atoms with Crippen LogP contribution in [0.3, 0.4) is 0 Å². The molecule has 62 valence electrons. The SMILES string of the molecule is CC1CN2C(=O)OCC2(C)C1. The first-order chi connectivity index (χ1) is 5.12. The number of nitrogens with zero attached hydrogens (tertiary/aromatic N) is 1. The topological polar surface area (TPSA) is 29.5 Å². The van der Waals surface area contributed by atoms with Gasteiger partial charge in [0.1, 0.15) is 6.61 Å². The predicted octanol–water partition coefficient (Wildman–Crippen LogP) is 1.24. The molecule has 2 atom stereocenters. The van der Waals surface area contributed by atoms with E-state index in [0.29, 0.717) is 12.5 Å². The van der Waals surface area contributed by atoms with Gasteiger partial charge >= 0.3 is 6.09 Å². The molecule has 0 aromatic rings. The van der Waals surface area contributed by atoms with Gasteiger partial charge in [0.25, 0.3) is 0 Å². The van der Waals surface area contributed by atoms with Gasteiger partial charge in [0.15, 0.2) is 0 Å².